The number of hydrogen-bond donors (Lipinski definition) is 0. The van der Waals surface area contributed by atoms with Crippen molar-refractivity contribution < 1.29 is 19.0 Å². The van der Waals surface area contributed by atoms with Crippen LogP contribution in [0.5, 0.6) is 5.88 Å². The highest BCUT2D eigenvalue weighted by molar-refractivity contribution is 5.85. The van der Waals surface area contributed by atoms with Gasteiger partial charge in [-0.3, -0.25) is 9.59 Å². The first-order valence-corrected chi connectivity index (χ1v) is 11.3. The third-order valence-corrected chi connectivity index (χ3v) is 6.64. The Balaban J connectivity index is 1.28. The topological polar surface area (TPSA) is 102 Å². The summed E-state index contributed by atoms with van der Waals surface area (Å²) in [7, 11) is 0. The predicted octanol–water partition coefficient (Wildman–Crippen LogP) is 2.26. The molecular weight excluding hydrogens is 410 g/mol. The van der Waals surface area contributed by atoms with E-state index >= 15 is 0 Å². The second-order valence-corrected chi connectivity index (χ2v) is 9.17. The van der Waals surface area contributed by atoms with E-state index in [1.807, 2.05) is 30.0 Å². The standard InChI is InChI=1S/C23H31N5O4/c1-17-19(26-32-25-17)14-21(29)28-11-5-9-23(2,16-28)22(30)27-12-7-18(8-13-27)15-31-20-6-3-4-10-24-20/h3-4,6,10,18H,5,7-9,11-16H2,1-2H3. The Morgan fingerprint density at radius 3 is 2.69 bits per heavy atom. The van der Waals surface area contributed by atoms with Gasteiger partial charge in [-0.05, 0) is 51.5 Å². The van der Waals surface area contributed by atoms with E-state index in [4.69, 9.17) is 9.37 Å². The molecule has 2 amide bonds. The molecule has 2 saturated heterocycles. The molecule has 0 radical (unpaired) electrons. The van der Waals surface area contributed by atoms with Crippen LogP contribution >= 0.6 is 0 Å². The summed E-state index contributed by atoms with van der Waals surface area (Å²) >= 11 is 0. The number of rotatable bonds is 6. The number of ether oxygens (including phenoxy) is 1. The summed E-state index contributed by atoms with van der Waals surface area (Å²) in [6, 6.07) is 5.63. The molecule has 4 rings (SSSR count). The lowest BCUT2D eigenvalue weighted by Gasteiger charge is -2.43. The number of nitrogens with zero attached hydrogens (tertiary/aromatic N) is 5. The van der Waals surface area contributed by atoms with Crippen LogP contribution in [0.4, 0.5) is 0 Å². The summed E-state index contributed by atoms with van der Waals surface area (Å²) in [6.45, 7) is 6.94. The number of aryl methyl sites for hydroxylation is 1. The largest absolute Gasteiger partial charge is 0.477 e. The average Bonchev–Trinajstić information content (AvgIpc) is 3.22. The molecule has 172 valence electrons. The third kappa shape index (κ3) is 5.08. The zero-order valence-electron chi connectivity index (χ0n) is 18.8. The van der Waals surface area contributed by atoms with E-state index in [1.165, 1.54) is 0 Å². The molecule has 2 aromatic heterocycles. The van der Waals surface area contributed by atoms with Crippen molar-refractivity contribution in [1.29, 1.82) is 0 Å². The van der Waals surface area contributed by atoms with Crippen LogP contribution in [0.15, 0.2) is 29.0 Å². The summed E-state index contributed by atoms with van der Waals surface area (Å²) < 4.78 is 10.5. The molecule has 4 heterocycles. The lowest BCUT2D eigenvalue weighted by molar-refractivity contribution is -0.149. The Hall–Kier alpha value is -2.97. The Kier molecular flexibility index (Phi) is 6.72. The number of piperidine rings is 2. The molecule has 2 aliphatic heterocycles. The molecule has 0 saturated carbocycles. The van der Waals surface area contributed by atoms with Gasteiger partial charge in [-0.25, -0.2) is 9.61 Å². The van der Waals surface area contributed by atoms with E-state index in [0.717, 1.165) is 38.8 Å². The smallest absolute Gasteiger partial charge is 0.230 e. The first-order chi connectivity index (χ1) is 15.4. The van der Waals surface area contributed by atoms with Gasteiger partial charge in [0, 0.05) is 38.4 Å². The zero-order valence-corrected chi connectivity index (χ0v) is 18.8. The molecule has 0 aliphatic carbocycles. The van der Waals surface area contributed by atoms with Crippen LogP contribution in [-0.4, -0.2) is 69.7 Å². The molecule has 0 N–H and O–H groups in total. The van der Waals surface area contributed by atoms with E-state index in [-0.39, 0.29) is 18.2 Å². The number of amides is 2. The Bertz CT molecular complexity index is 925. The molecule has 9 heteroatoms. The summed E-state index contributed by atoms with van der Waals surface area (Å²) in [4.78, 5) is 34.2. The SMILES string of the molecule is Cc1nonc1CC(=O)N1CCCC(C)(C(=O)N2CCC(COc3ccccn3)CC2)C1. The van der Waals surface area contributed by atoms with Crippen molar-refractivity contribution in [3.63, 3.8) is 0 Å². The van der Waals surface area contributed by atoms with Crippen LogP contribution in [-0.2, 0) is 16.0 Å². The second kappa shape index (κ2) is 9.67. The lowest BCUT2D eigenvalue weighted by atomic mass is 9.79. The number of likely N-dealkylation sites (tertiary alicyclic amines) is 2. The van der Waals surface area contributed by atoms with Crippen molar-refractivity contribution in [2.24, 2.45) is 11.3 Å². The van der Waals surface area contributed by atoms with Gasteiger partial charge >= 0.3 is 0 Å². The lowest BCUT2D eigenvalue weighted by Crippen LogP contribution is -2.54. The predicted molar refractivity (Wildman–Crippen MR) is 116 cm³/mol. The van der Waals surface area contributed by atoms with Crippen LogP contribution in [0.2, 0.25) is 0 Å². The second-order valence-electron chi connectivity index (χ2n) is 9.17. The molecule has 2 fully saturated rings. The van der Waals surface area contributed by atoms with Gasteiger partial charge in [0.2, 0.25) is 17.7 Å². The first-order valence-electron chi connectivity index (χ1n) is 11.3. The third-order valence-electron chi connectivity index (χ3n) is 6.64. The van der Waals surface area contributed by atoms with Crippen LogP contribution in [0, 0.1) is 18.3 Å². The highest BCUT2D eigenvalue weighted by Crippen LogP contribution is 2.33. The van der Waals surface area contributed by atoms with E-state index in [0.29, 0.717) is 42.9 Å². The monoisotopic (exact) mass is 441 g/mol. The summed E-state index contributed by atoms with van der Waals surface area (Å²) in [5.41, 5.74) is 0.634. The van der Waals surface area contributed by atoms with Crippen molar-refractivity contribution in [3.8, 4) is 5.88 Å². The molecule has 0 bridgehead atoms. The number of hydrogen-bond acceptors (Lipinski definition) is 7. The maximum absolute atomic E-state index is 13.4. The molecule has 0 aromatic carbocycles. The number of carbonyl (C=O) groups excluding carboxylic acids is 2. The summed E-state index contributed by atoms with van der Waals surface area (Å²) in [6.07, 6.45) is 5.31. The molecule has 1 atom stereocenters. The van der Waals surface area contributed by atoms with Crippen molar-refractivity contribution in [3.05, 3.63) is 35.8 Å². The molecule has 0 spiro atoms. The van der Waals surface area contributed by atoms with E-state index in [1.54, 1.807) is 18.0 Å². The van der Waals surface area contributed by atoms with Crippen molar-refractivity contribution >= 4 is 11.8 Å². The highest BCUT2D eigenvalue weighted by atomic mass is 16.6. The Morgan fingerprint density at radius 2 is 2.00 bits per heavy atom. The summed E-state index contributed by atoms with van der Waals surface area (Å²) in [5, 5.41) is 7.55. The average molecular weight is 442 g/mol. The fraction of sp³-hybridized carbons (Fsp3) is 0.609. The van der Waals surface area contributed by atoms with Gasteiger partial charge in [-0.15, -0.1) is 0 Å². The van der Waals surface area contributed by atoms with Crippen molar-refractivity contribution in [2.75, 3.05) is 32.8 Å². The molecule has 1 unspecified atom stereocenters. The van der Waals surface area contributed by atoms with Gasteiger partial charge in [0.05, 0.1) is 18.4 Å². The molecule has 9 nitrogen and oxygen atoms in total. The maximum atomic E-state index is 13.4. The Labute approximate surface area is 188 Å². The minimum absolute atomic E-state index is 0.0343. The van der Waals surface area contributed by atoms with Gasteiger partial charge in [-0.1, -0.05) is 16.4 Å². The molecular formula is C23H31N5O4. The van der Waals surface area contributed by atoms with Crippen molar-refractivity contribution in [1.82, 2.24) is 25.1 Å². The fourth-order valence-corrected chi connectivity index (χ4v) is 4.61. The van der Waals surface area contributed by atoms with E-state index < -0.39 is 5.41 Å². The van der Waals surface area contributed by atoms with Crippen LogP contribution in [0.3, 0.4) is 0 Å². The van der Waals surface area contributed by atoms with Crippen LogP contribution in [0.25, 0.3) is 0 Å². The molecule has 32 heavy (non-hydrogen) atoms. The van der Waals surface area contributed by atoms with E-state index in [9.17, 15) is 9.59 Å². The van der Waals surface area contributed by atoms with Gasteiger partial charge < -0.3 is 14.5 Å². The maximum Gasteiger partial charge on any atom is 0.230 e. The number of aromatic nitrogens is 3. The highest BCUT2D eigenvalue weighted by Gasteiger charge is 2.42. The van der Waals surface area contributed by atoms with Crippen LogP contribution < -0.4 is 4.74 Å². The van der Waals surface area contributed by atoms with Crippen molar-refractivity contribution in [2.45, 2.75) is 46.0 Å². The van der Waals surface area contributed by atoms with Crippen LogP contribution in [0.1, 0.15) is 44.0 Å². The Morgan fingerprint density at radius 1 is 1.19 bits per heavy atom. The van der Waals surface area contributed by atoms with Gasteiger partial charge in [0.15, 0.2) is 0 Å². The zero-order chi connectivity index (χ0) is 22.6. The van der Waals surface area contributed by atoms with E-state index in [2.05, 4.69) is 15.3 Å². The number of carbonyl (C=O) groups is 2. The van der Waals surface area contributed by atoms with Gasteiger partial charge in [0.1, 0.15) is 11.4 Å². The first kappa shape index (κ1) is 22.2. The van der Waals surface area contributed by atoms with Gasteiger partial charge in [-0.2, -0.15) is 0 Å². The minimum Gasteiger partial charge on any atom is -0.477 e. The normalized spacial score (nSPS) is 22.1. The fourth-order valence-electron chi connectivity index (χ4n) is 4.61. The molecule has 2 aliphatic rings. The quantitative estimate of drug-likeness (QED) is 0.678. The minimum atomic E-state index is -0.553. The summed E-state index contributed by atoms with van der Waals surface area (Å²) in [5.74, 6) is 1.17. The van der Waals surface area contributed by atoms with Gasteiger partial charge in [0.25, 0.3) is 0 Å². The number of pyridine rings is 1. The molecule has 2 aromatic rings.